The summed E-state index contributed by atoms with van der Waals surface area (Å²) in [5.74, 6) is -0.218. The second kappa shape index (κ2) is 7.31. The van der Waals surface area contributed by atoms with E-state index in [1.807, 2.05) is 24.3 Å². The smallest absolute Gasteiger partial charge is 0.270 e. The largest absolute Gasteiger partial charge is 0.342 e. The van der Waals surface area contributed by atoms with Crippen LogP contribution in [0.25, 0.3) is 11.0 Å². The van der Waals surface area contributed by atoms with E-state index in [0.717, 1.165) is 6.42 Å². The molecule has 1 atom stereocenters. The van der Waals surface area contributed by atoms with Crippen molar-refractivity contribution in [1.82, 2.24) is 14.9 Å². The number of para-hydroxylation sites is 2. The molecule has 1 saturated heterocycles. The Morgan fingerprint density at radius 1 is 1.19 bits per heavy atom. The second-order valence-electron chi connectivity index (χ2n) is 6.88. The minimum Gasteiger partial charge on any atom is -0.342 e. The van der Waals surface area contributed by atoms with Gasteiger partial charge < -0.3 is 9.88 Å². The van der Waals surface area contributed by atoms with Crippen LogP contribution in [0.4, 0.5) is 4.39 Å². The lowest BCUT2D eigenvalue weighted by molar-refractivity contribution is -0.130. The molecular formula is C21H20FN3O2. The van der Waals surface area contributed by atoms with Crippen molar-refractivity contribution < 1.29 is 9.18 Å². The molecule has 27 heavy (non-hydrogen) atoms. The zero-order valence-electron chi connectivity index (χ0n) is 14.8. The number of carbonyl (C=O) groups is 1. The quantitative estimate of drug-likeness (QED) is 0.773. The highest BCUT2D eigenvalue weighted by molar-refractivity contribution is 5.77. The first-order valence-corrected chi connectivity index (χ1v) is 9.12. The van der Waals surface area contributed by atoms with E-state index in [-0.39, 0.29) is 29.6 Å². The molecule has 5 nitrogen and oxygen atoms in total. The fraction of sp³-hybridized carbons (Fsp3) is 0.286. The maximum atomic E-state index is 14.0. The first kappa shape index (κ1) is 17.4. The fourth-order valence-electron chi connectivity index (χ4n) is 3.67. The molecule has 1 aromatic heterocycles. The Morgan fingerprint density at radius 3 is 2.81 bits per heavy atom. The lowest BCUT2D eigenvalue weighted by atomic mass is 9.98. The number of aromatic amines is 1. The number of nitrogens with zero attached hydrogens (tertiary/aromatic N) is 2. The Labute approximate surface area is 155 Å². The molecular weight excluding hydrogens is 345 g/mol. The van der Waals surface area contributed by atoms with E-state index < -0.39 is 0 Å². The van der Waals surface area contributed by atoms with Crippen molar-refractivity contribution >= 4 is 16.9 Å². The van der Waals surface area contributed by atoms with Gasteiger partial charge in [0.25, 0.3) is 5.56 Å². The van der Waals surface area contributed by atoms with Gasteiger partial charge in [0.2, 0.25) is 5.91 Å². The van der Waals surface area contributed by atoms with Gasteiger partial charge in [0, 0.05) is 31.8 Å². The number of halogens is 1. The monoisotopic (exact) mass is 365 g/mol. The van der Waals surface area contributed by atoms with Crippen molar-refractivity contribution in [2.24, 2.45) is 0 Å². The van der Waals surface area contributed by atoms with Crippen molar-refractivity contribution in [3.63, 3.8) is 0 Å². The van der Waals surface area contributed by atoms with Gasteiger partial charge in [0.05, 0.1) is 11.0 Å². The van der Waals surface area contributed by atoms with Crippen LogP contribution in [0.15, 0.2) is 53.3 Å². The molecule has 2 aromatic carbocycles. The summed E-state index contributed by atoms with van der Waals surface area (Å²) in [5, 5.41) is 0. The van der Waals surface area contributed by atoms with Gasteiger partial charge in [-0.2, -0.15) is 0 Å². The van der Waals surface area contributed by atoms with Crippen LogP contribution in [-0.4, -0.2) is 33.9 Å². The predicted octanol–water partition coefficient (Wildman–Crippen LogP) is 3.01. The molecule has 0 saturated carbocycles. The number of aryl methyl sites for hydroxylation is 1. The number of carbonyl (C=O) groups excluding carboxylic acids is 1. The Kier molecular flexibility index (Phi) is 4.71. The van der Waals surface area contributed by atoms with Gasteiger partial charge in [-0.15, -0.1) is 0 Å². The standard InChI is InChI=1S/C21H20FN3O2/c22-16-6-2-1-5-15(16)14-11-12-25(13-14)20(26)10-9-19-21(27)24-18-8-4-3-7-17(18)23-19/h1-8,14H,9-13H2,(H,24,27). The average molecular weight is 365 g/mol. The summed E-state index contributed by atoms with van der Waals surface area (Å²) < 4.78 is 14.0. The van der Waals surface area contributed by atoms with Crippen LogP contribution >= 0.6 is 0 Å². The number of hydrogen-bond acceptors (Lipinski definition) is 3. The lowest BCUT2D eigenvalue weighted by Gasteiger charge is -2.17. The van der Waals surface area contributed by atoms with E-state index in [9.17, 15) is 14.0 Å². The summed E-state index contributed by atoms with van der Waals surface area (Å²) >= 11 is 0. The van der Waals surface area contributed by atoms with Crippen molar-refractivity contribution in [3.05, 3.63) is 76.0 Å². The maximum Gasteiger partial charge on any atom is 0.270 e. The number of likely N-dealkylation sites (tertiary alicyclic amines) is 1. The van der Waals surface area contributed by atoms with Gasteiger partial charge in [-0.25, -0.2) is 9.37 Å². The normalized spacial score (nSPS) is 16.8. The number of hydrogen-bond donors (Lipinski definition) is 1. The summed E-state index contributed by atoms with van der Waals surface area (Å²) in [6, 6.07) is 14.1. The van der Waals surface area contributed by atoms with E-state index in [0.29, 0.717) is 41.8 Å². The zero-order valence-corrected chi connectivity index (χ0v) is 14.8. The Balaban J connectivity index is 1.41. The second-order valence-corrected chi connectivity index (χ2v) is 6.88. The Morgan fingerprint density at radius 2 is 1.96 bits per heavy atom. The molecule has 1 fully saturated rings. The van der Waals surface area contributed by atoms with Crippen molar-refractivity contribution in [1.29, 1.82) is 0 Å². The first-order chi connectivity index (χ1) is 13.1. The van der Waals surface area contributed by atoms with Crippen molar-refractivity contribution in [2.45, 2.75) is 25.2 Å². The molecule has 6 heteroatoms. The molecule has 0 aliphatic carbocycles. The summed E-state index contributed by atoms with van der Waals surface area (Å²) in [6.07, 6.45) is 1.26. The molecule has 2 heterocycles. The van der Waals surface area contributed by atoms with Crippen LogP contribution in [0.2, 0.25) is 0 Å². The topological polar surface area (TPSA) is 66.1 Å². The third-order valence-electron chi connectivity index (χ3n) is 5.13. The molecule has 4 rings (SSSR count). The first-order valence-electron chi connectivity index (χ1n) is 9.12. The SMILES string of the molecule is O=C(CCc1nc2ccccc2[nH]c1=O)N1CCC(c2ccccc2F)C1. The Hall–Kier alpha value is -3.02. The van der Waals surface area contributed by atoms with Gasteiger partial charge >= 0.3 is 0 Å². The van der Waals surface area contributed by atoms with E-state index in [2.05, 4.69) is 9.97 Å². The van der Waals surface area contributed by atoms with E-state index in [1.54, 1.807) is 23.1 Å². The highest BCUT2D eigenvalue weighted by Crippen LogP contribution is 2.29. The summed E-state index contributed by atoms with van der Waals surface area (Å²) in [6.45, 7) is 1.13. The number of aromatic nitrogens is 2. The van der Waals surface area contributed by atoms with Crippen LogP contribution in [-0.2, 0) is 11.2 Å². The van der Waals surface area contributed by atoms with Gasteiger partial charge in [-0.3, -0.25) is 9.59 Å². The zero-order chi connectivity index (χ0) is 18.8. The van der Waals surface area contributed by atoms with Crippen molar-refractivity contribution in [3.8, 4) is 0 Å². The minimum atomic E-state index is -0.257. The van der Waals surface area contributed by atoms with E-state index in [4.69, 9.17) is 0 Å². The maximum absolute atomic E-state index is 14.0. The molecule has 3 aromatic rings. The third-order valence-corrected chi connectivity index (χ3v) is 5.13. The summed E-state index contributed by atoms with van der Waals surface area (Å²) in [5.41, 5.74) is 2.17. The molecule has 1 aliphatic rings. The summed E-state index contributed by atoms with van der Waals surface area (Å²) in [7, 11) is 0. The molecule has 1 amide bonds. The molecule has 1 unspecified atom stereocenters. The number of amides is 1. The fourth-order valence-corrected chi connectivity index (χ4v) is 3.67. The number of H-pyrrole nitrogens is 1. The minimum absolute atomic E-state index is 0.0248. The van der Waals surface area contributed by atoms with Crippen LogP contribution in [0.1, 0.15) is 30.0 Å². The predicted molar refractivity (Wildman–Crippen MR) is 101 cm³/mol. The summed E-state index contributed by atoms with van der Waals surface area (Å²) in [4.78, 5) is 33.6. The van der Waals surface area contributed by atoms with Crippen molar-refractivity contribution in [2.75, 3.05) is 13.1 Å². The third kappa shape index (κ3) is 3.60. The van der Waals surface area contributed by atoms with Gasteiger partial charge in [0.15, 0.2) is 0 Å². The molecule has 1 aliphatic heterocycles. The van der Waals surface area contributed by atoms with Gasteiger partial charge in [0.1, 0.15) is 11.5 Å². The van der Waals surface area contributed by atoms with Crippen LogP contribution in [0.5, 0.6) is 0 Å². The molecule has 1 N–H and O–H groups in total. The van der Waals surface area contributed by atoms with Gasteiger partial charge in [-0.1, -0.05) is 30.3 Å². The molecule has 138 valence electrons. The van der Waals surface area contributed by atoms with Crippen LogP contribution in [0, 0.1) is 5.82 Å². The van der Waals surface area contributed by atoms with Crippen LogP contribution < -0.4 is 5.56 Å². The average Bonchev–Trinajstić information content (AvgIpc) is 3.16. The number of rotatable bonds is 4. The highest BCUT2D eigenvalue weighted by atomic mass is 19.1. The van der Waals surface area contributed by atoms with E-state index in [1.165, 1.54) is 6.07 Å². The molecule has 0 bridgehead atoms. The van der Waals surface area contributed by atoms with Gasteiger partial charge in [-0.05, 0) is 30.2 Å². The van der Waals surface area contributed by atoms with Crippen LogP contribution in [0.3, 0.4) is 0 Å². The lowest BCUT2D eigenvalue weighted by Crippen LogP contribution is -2.29. The number of nitrogens with one attached hydrogen (secondary N) is 1. The Bertz CT molecular complexity index is 1050. The molecule has 0 spiro atoms. The van der Waals surface area contributed by atoms with E-state index >= 15 is 0 Å². The number of fused-ring (bicyclic) bond motifs is 1. The molecule has 0 radical (unpaired) electrons. The number of benzene rings is 2. The highest BCUT2D eigenvalue weighted by Gasteiger charge is 2.28.